The molecule has 4 nitrogen and oxygen atoms in total. The van der Waals surface area contributed by atoms with Gasteiger partial charge in [-0.2, -0.15) is 5.10 Å². The van der Waals surface area contributed by atoms with Crippen LogP contribution < -0.4 is 5.73 Å². The molecular formula is C13H17BrN4. The van der Waals surface area contributed by atoms with E-state index < -0.39 is 0 Å². The van der Waals surface area contributed by atoms with Gasteiger partial charge in [-0.05, 0) is 18.2 Å². The zero-order chi connectivity index (χ0) is 13.5. The number of halogens is 1. The molecule has 0 unspecified atom stereocenters. The van der Waals surface area contributed by atoms with Crippen LogP contribution in [0.3, 0.4) is 0 Å². The standard InChI is InChI=1S/C13H17BrN4/c1-13(2,3)12-16-11(18(4)17-12)9-6-5-8(14)7-10(9)15/h5-7H,15H2,1-4H3. The highest BCUT2D eigenvalue weighted by atomic mass is 79.9. The Hall–Kier alpha value is -1.36. The Morgan fingerprint density at radius 2 is 1.94 bits per heavy atom. The number of hydrogen-bond donors (Lipinski definition) is 1. The van der Waals surface area contributed by atoms with Gasteiger partial charge in [-0.1, -0.05) is 36.7 Å². The SMILES string of the molecule is Cn1nc(C(C)(C)C)nc1-c1ccc(Br)cc1N. The Balaban J connectivity index is 2.55. The molecule has 18 heavy (non-hydrogen) atoms. The maximum atomic E-state index is 6.03. The second kappa shape index (κ2) is 4.39. The van der Waals surface area contributed by atoms with Crippen molar-refractivity contribution in [3.05, 3.63) is 28.5 Å². The fourth-order valence-electron chi connectivity index (χ4n) is 1.67. The van der Waals surface area contributed by atoms with E-state index in [-0.39, 0.29) is 5.41 Å². The second-order valence-corrected chi connectivity index (χ2v) is 6.28. The van der Waals surface area contributed by atoms with E-state index in [4.69, 9.17) is 5.73 Å². The summed E-state index contributed by atoms with van der Waals surface area (Å²) in [6.07, 6.45) is 0. The molecule has 96 valence electrons. The van der Waals surface area contributed by atoms with E-state index in [0.717, 1.165) is 21.7 Å². The number of anilines is 1. The maximum absolute atomic E-state index is 6.03. The predicted octanol–water partition coefficient (Wildman–Crippen LogP) is 3.12. The summed E-state index contributed by atoms with van der Waals surface area (Å²) in [6, 6.07) is 5.79. The van der Waals surface area contributed by atoms with Crippen LogP contribution >= 0.6 is 15.9 Å². The topological polar surface area (TPSA) is 56.7 Å². The van der Waals surface area contributed by atoms with Crippen molar-refractivity contribution in [2.45, 2.75) is 26.2 Å². The molecule has 2 rings (SSSR count). The lowest BCUT2D eigenvalue weighted by molar-refractivity contribution is 0.538. The van der Waals surface area contributed by atoms with Crippen molar-refractivity contribution < 1.29 is 0 Å². The first-order valence-corrected chi connectivity index (χ1v) is 6.55. The van der Waals surface area contributed by atoms with E-state index in [0.29, 0.717) is 5.69 Å². The molecule has 0 fully saturated rings. The summed E-state index contributed by atoms with van der Waals surface area (Å²) in [5, 5.41) is 4.46. The summed E-state index contributed by atoms with van der Waals surface area (Å²) in [6.45, 7) is 6.28. The van der Waals surface area contributed by atoms with Gasteiger partial charge < -0.3 is 5.73 Å². The molecule has 2 N–H and O–H groups in total. The Morgan fingerprint density at radius 3 is 2.44 bits per heavy atom. The molecule has 1 aromatic carbocycles. The maximum Gasteiger partial charge on any atom is 0.160 e. The molecule has 0 saturated heterocycles. The number of nitrogen functional groups attached to an aromatic ring is 1. The molecule has 0 amide bonds. The van der Waals surface area contributed by atoms with E-state index in [9.17, 15) is 0 Å². The third-order valence-corrected chi connectivity index (χ3v) is 3.18. The average Bonchev–Trinajstić information content (AvgIpc) is 2.60. The van der Waals surface area contributed by atoms with E-state index in [1.165, 1.54) is 0 Å². The first-order valence-electron chi connectivity index (χ1n) is 5.76. The number of hydrogen-bond acceptors (Lipinski definition) is 3. The molecule has 0 aliphatic rings. The summed E-state index contributed by atoms with van der Waals surface area (Å²) >= 11 is 3.40. The van der Waals surface area contributed by atoms with Crippen molar-refractivity contribution in [2.24, 2.45) is 7.05 Å². The molecule has 0 atom stereocenters. The number of aromatic nitrogens is 3. The van der Waals surface area contributed by atoms with E-state index in [1.807, 2.05) is 25.2 Å². The molecule has 0 aliphatic heterocycles. The van der Waals surface area contributed by atoms with Gasteiger partial charge in [0.2, 0.25) is 0 Å². The van der Waals surface area contributed by atoms with Crippen LogP contribution in [0.2, 0.25) is 0 Å². The number of rotatable bonds is 1. The minimum atomic E-state index is -0.0693. The zero-order valence-electron chi connectivity index (χ0n) is 11.0. The third kappa shape index (κ3) is 2.41. The summed E-state index contributed by atoms with van der Waals surface area (Å²) in [4.78, 5) is 4.60. The second-order valence-electron chi connectivity index (χ2n) is 5.36. The summed E-state index contributed by atoms with van der Waals surface area (Å²) in [5.41, 5.74) is 7.56. The lowest BCUT2D eigenvalue weighted by atomic mass is 9.96. The molecule has 2 aromatic rings. The van der Waals surface area contributed by atoms with Crippen molar-refractivity contribution in [1.29, 1.82) is 0 Å². The van der Waals surface area contributed by atoms with Gasteiger partial charge in [-0.3, -0.25) is 0 Å². The minimum Gasteiger partial charge on any atom is -0.398 e. The van der Waals surface area contributed by atoms with Gasteiger partial charge in [-0.15, -0.1) is 0 Å². The van der Waals surface area contributed by atoms with Crippen LogP contribution in [0, 0.1) is 0 Å². The van der Waals surface area contributed by atoms with Crippen molar-refractivity contribution in [3.8, 4) is 11.4 Å². The summed E-state index contributed by atoms with van der Waals surface area (Å²) < 4.78 is 2.74. The van der Waals surface area contributed by atoms with Crippen LogP contribution in [-0.2, 0) is 12.5 Å². The number of aryl methyl sites for hydroxylation is 1. The first kappa shape index (κ1) is 13.1. The van der Waals surface area contributed by atoms with Gasteiger partial charge >= 0.3 is 0 Å². The van der Waals surface area contributed by atoms with Crippen LogP contribution in [0.4, 0.5) is 5.69 Å². The van der Waals surface area contributed by atoms with Crippen molar-refractivity contribution in [1.82, 2.24) is 14.8 Å². The van der Waals surface area contributed by atoms with Gasteiger partial charge in [-0.25, -0.2) is 9.67 Å². The number of nitrogens with two attached hydrogens (primary N) is 1. The summed E-state index contributed by atoms with van der Waals surface area (Å²) in [5.74, 6) is 1.62. The van der Waals surface area contributed by atoms with Gasteiger partial charge in [0.05, 0.1) is 0 Å². The molecule has 5 heteroatoms. The molecule has 0 bridgehead atoms. The Kier molecular flexibility index (Phi) is 3.19. The quantitative estimate of drug-likeness (QED) is 0.823. The van der Waals surface area contributed by atoms with Crippen LogP contribution in [0.1, 0.15) is 26.6 Å². The molecular weight excluding hydrogens is 292 g/mol. The summed E-state index contributed by atoms with van der Waals surface area (Å²) in [7, 11) is 1.89. The average molecular weight is 309 g/mol. The van der Waals surface area contributed by atoms with E-state index in [1.54, 1.807) is 4.68 Å². The largest absolute Gasteiger partial charge is 0.398 e. The van der Waals surface area contributed by atoms with E-state index in [2.05, 4.69) is 46.8 Å². The van der Waals surface area contributed by atoms with Gasteiger partial charge in [0, 0.05) is 28.2 Å². The smallest absolute Gasteiger partial charge is 0.160 e. The van der Waals surface area contributed by atoms with Gasteiger partial charge in [0.15, 0.2) is 11.6 Å². The Labute approximate surface area is 115 Å². The fourth-order valence-corrected chi connectivity index (χ4v) is 2.05. The lowest BCUT2D eigenvalue weighted by Gasteiger charge is -2.12. The van der Waals surface area contributed by atoms with E-state index >= 15 is 0 Å². The highest BCUT2D eigenvalue weighted by molar-refractivity contribution is 9.10. The molecule has 0 saturated carbocycles. The zero-order valence-corrected chi connectivity index (χ0v) is 12.6. The molecule has 0 aliphatic carbocycles. The first-order chi connectivity index (χ1) is 8.29. The minimum absolute atomic E-state index is 0.0693. The van der Waals surface area contributed by atoms with Crippen LogP contribution in [0.5, 0.6) is 0 Å². The molecule has 1 aromatic heterocycles. The van der Waals surface area contributed by atoms with Crippen molar-refractivity contribution >= 4 is 21.6 Å². The molecule has 0 radical (unpaired) electrons. The number of nitrogens with zero attached hydrogens (tertiary/aromatic N) is 3. The number of benzene rings is 1. The highest BCUT2D eigenvalue weighted by Crippen LogP contribution is 2.29. The Morgan fingerprint density at radius 1 is 1.28 bits per heavy atom. The van der Waals surface area contributed by atoms with Crippen LogP contribution in [0.15, 0.2) is 22.7 Å². The Bertz CT molecular complexity index is 581. The predicted molar refractivity (Wildman–Crippen MR) is 77.3 cm³/mol. The van der Waals surface area contributed by atoms with Crippen LogP contribution in [0.25, 0.3) is 11.4 Å². The normalized spacial score (nSPS) is 11.8. The monoisotopic (exact) mass is 308 g/mol. The van der Waals surface area contributed by atoms with Crippen LogP contribution in [-0.4, -0.2) is 14.8 Å². The van der Waals surface area contributed by atoms with Gasteiger partial charge in [0.25, 0.3) is 0 Å². The fraction of sp³-hybridized carbons (Fsp3) is 0.385. The van der Waals surface area contributed by atoms with Gasteiger partial charge in [0.1, 0.15) is 0 Å². The van der Waals surface area contributed by atoms with Crippen molar-refractivity contribution in [3.63, 3.8) is 0 Å². The highest BCUT2D eigenvalue weighted by Gasteiger charge is 2.22. The van der Waals surface area contributed by atoms with Crippen molar-refractivity contribution in [2.75, 3.05) is 5.73 Å². The third-order valence-electron chi connectivity index (χ3n) is 2.69. The molecule has 1 heterocycles. The lowest BCUT2D eigenvalue weighted by Crippen LogP contribution is -2.13. The molecule has 0 spiro atoms.